The number of hydrogen-bond donors (Lipinski definition) is 1. The van der Waals surface area contributed by atoms with Gasteiger partial charge in [-0.3, -0.25) is 9.20 Å². The minimum atomic E-state index is -5.07. The molecular weight excluding hydrogens is 501 g/mol. The maximum atomic E-state index is 15.2. The number of amides is 1. The largest absolute Gasteiger partial charge is 0.573 e. The number of halogens is 5. The number of morpholine rings is 1. The third kappa shape index (κ3) is 3.72. The first kappa shape index (κ1) is 23.4. The highest BCUT2D eigenvalue weighted by Crippen LogP contribution is 2.45. The summed E-state index contributed by atoms with van der Waals surface area (Å²) < 4.78 is 79.6. The molecule has 1 aliphatic heterocycles. The Labute approximate surface area is 205 Å². The number of alkyl halides is 3. The molecule has 8 nitrogen and oxygen atoms in total. The highest BCUT2D eigenvalue weighted by molar-refractivity contribution is 5.99. The maximum Gasteiger partial charge on any atom is 0.573 e. The normalized spacial score (nSPS) is 21.4. The Hall–Kier alpha value is -4.00. The Bertz CT molecular complexity index is 1590. The molecule has 13 heteroatoms. The van der Waals surface area contributed by atoms with Crippen LogP contribution in [0.1, 0.15) is 34.5 Å². The molecule has 1 fully saturated rings. The number of nitrogens with two attached hydrogens (primary N) is 1. The Balaban J connectivity index is 1.43. The number of nitrogen functional groups attached to an aromatic ring is 1. The minimum absolute atomic E-state index is 0.0394. The summed E-state index contributed by atoms with van der Waals surface area (Å²) >= 11 is 0. The molecule has 0 saturated carbocycles. The van der Waals surface area contributed by atoms with Crippen LogP contribution < -0.4 is 10.5 Å². The van der Waals surface area contributed by atoms with E-state index in [1.807, 2.05) is 0 Å². The Kier molecular flexibility index (Phi) is 5.06. The van der Waals surface area contributed by atoms with Crippen molar-refractivity contribution in [2.24, 2.45) is 0 Å². The van der Waals surface area contributed by atoms with E-state index in [9.17, 15) is 18.0 Å². The van der Waals surface area contributed by atoms with Crippen LogP contribution in [-0.2, 0) is 11.2 Å². The van der Waals surface area contributed by atoms with Crippen LogP contribution in [0.25, 0.3) is 16.6 Å². The van der Waals surface area contributed by atoms with Gasteiger partial charge in [0.25, 0.3) is 5.91 Å². The fraction of sp³-hybridized carbons (Fsp3) is 0.292. The number of carbonyl (C=O) groups is 1. The van der Waals surface area contributed by atoms with Crippen LogP contribution in [0.4, 0.5) is 27.8 Å². The quantitative estimate of drug-likeness (QED) is 0.400. The molecule has 2 aromatic carbocycles. The second-order valence-electron chi connectivity index (χ2n) is 9.05. The molecule has 4 aromatic rings. The molecule has 0 unspecified atom stereocenters. The predicted octanol–water partition coefficient (Wildman–Crippen LogP) is 4.17. The molecule has 3 heterocycles. The molecule has 192 valence electrons. The van der Waals surface area contributed by atoms with Crippen LogP contribution >= 0.6 is 0 Å². The van der Waals surface area contributed by atoms with E-state index >= 15 is 8.78 Å². The zero-order chi connectivity index (χ0) is 26.2. The number of carbonyl (C=O) groups excluding carboxylic acids is 1. The van der Waals surface area contributed by atoms with Crippen LogP contribution in [-0.4, -0.2) is 50.3 Å². The smallest absolute Gasteiger partial charge is 0.403 e. The van der Waals surface area contributed by atoms with E-state index in [1.165, 1.54) is 29.6 Å². The van der Waals surface area contributed by atoms with Gasteiger partial charge in [0.15, 0.2) is 11.6 Å². The first-order chi connectivity index (χ1) is 17.5. The van der Waals surface area contributed by atoms with E-state index in [2.05, 4.69) is 14.7 Å². The third-order valence-electron chi connectivity index (χ3n) is 6.70. The summed E-state index contributed by atoms with van der Waals surface area (Å²) in [6.07, 6.45) is -3.41. The molecule has 0 bridgehead atoms. The highest BCUT2D eigenvalue weighted by atomic mass is 19.4. The SMILES string of the molecule is C[C@@H]1CN(C(=O)c2cc3c(cc2F)nc(N)c2cncn23)[C@H]2c3ccc(OC(F)(F)F)c(F)c3C[C@H]2O1. The standard InChI is InChI=1S/C24H18F5N5O3/c1-10-8-33(21-11-2-3-18(37-24(27,28)29)20(26)12(11)5-19(21)36-10)23(35)13-4-16-15(6-14(13)25)32-22(30)17-7-31-9-34(16)17/h2-4,6-7,9-10,19,21H,5,8H2,1H3,(H2,30,32)/t10-,19-,21+/m1/s1. The van der Waals surface area contributed by atoms with Gasteiger partial charge in [-0.25, -0.2) is 18.7 Å². The average Bonchev–Trinajstić information content (AvgIpc) is 3.45. The molecule has 2 N–H and O–H groups in total. The van der Waals surface area contributed by atoms with E-state index in [0.717, 1.165) is 12.1 Å². The van der Waals surface area contributed by atoms with E-state index in [1.54, 1.807) is 11.3 Å². The summed E-state index contributed by atoms with van der Waals surface area (Å²) in [5.74, 6) is -3.51. The minimum Gasteiger partial charge on any atom is -0.403 e. The van der Waals surface area contributed by atoms with Crippen molar-refractivity contribution in [2.75, 3.05) is 12.3 Å². The van der Waals surface area contributed by atoms with Gasteiger partial charge in [-0.15, -0.1) is 13.2 Å². The number of aromatic nitrogens is 3. The summed E-state index contributed by atoms with van der Waals surface area (Å²) in [4.78, 5) is 23.3. The van der Waals surface area contributed by atoms with Crippen molar-refractivity contribution in [2.45, 2.75) is 38.0 Å². The van der Waals surface area contributed by atoms with Crippen molar-refractivity contribution in [3.05, 3.63) is 65.1 Å². The number of hydrogen-bond acceptors (Lipinski definition) is 6. The van der Waals surface area contributed by atoms with E-state index in [0.29, 0.717) is 11.0 Å². The molecule has 3 atom stereocenters. The molecule has 1 saturated heterocycles. The predicted molar refractivity (Wildman–Crippen MR) is 120 cm³/mol. The highest BCUT2D eigenvalue weighted by Gasteiger charge is 2.46. The molecule has 37 heavy (non-hydrogen) atoms. The average molecular weight is 519 g/mol. The van der Waals surface area contributed by atoms with Gasteiger partial charge in [-0.05, 0) is 30.2 Å². The van der Waals surface area contributed by atoms with Crippen molar-refractivity contribution < 1.29 is 36.2 Å². The molecule has 0 spiro atoms. The lowest BCUT2D eigenvalue weighted by Gasteiger charge is -2.41. The lowest BCUT2D eigenvalue weighted by atomic mass is 10.0. The van der Waals surface area contributed by atoms with E-state index < -0.39 is 47.9 Å². The van der Waals surface area contributed by atoms with E-state index in [-0.39, 0.29) is 41.0 Å². The maximum absolute atomic E-state index is 15.2. The first-order valence-corrected chi connectivity index (χ1v) is 11.3. The Morgan fingerprint density at radius 1 is 1.22 bits per heavy atom. The molecule has 1 aliphatic carbocycles. The van der Waals surface area contributed by atoms with Gasteiger partial charge < -0.3 is 20.1 Å². The third-order valence-corrected chi connectivity index (χ3v) is 6.70. The van der Waals surface area contributed by atoms with Crippen molar-refractivity contribution in [3.63, 3.8) is 0 Å². The van der Waals surface area contributed by atoms with Gasteiger partial charge in [0.1, 0.15) is 17.2 Å². The van der Waals surface area contributed by atoms with E-state index in [4.69, 9.17) is 10.5 Å². The summed E-state index contributed by atoms with van der Waals surface area (Å²) in [6.45, 7) is 1.76. The van der Waals surface area contributed by atoms with Crippen molar-refractivity contribution in [1.82, 2.24) is 19.3 Å². The second-order valence-corrected chi connectivity index (χ2v) is 9.05. The molecule has 6 rings (SSSR count). The van der Waals surface area contributed by atoms with Crippen LogP contribution in [0.3, 0.4) is 0 Å². The molecular formula is C24H18F5N5O3. The van der Waals surface area contributed by atoms with Gasteiger partial charge in [0.05, 0.1) is 47.4 Å². The fourth-order valence-electron chi connectivity index (χ4n) is 5.26. The van der Waals surface area contributed by atoms with Crippen LogP contribution in [0.5, 0.6) is 5.75 Å². The topological polar surface area (TPSA) is 95.0 Å². The van der Waals surface area contributed by atoms with Gasteiger partial charge >= 0.3 is 6.36 Å². The van der Waals surface area contributed by atoms with Gasteiger partial charge in [-0.1, -0.05) is 6.07 Å². The lowest BCUT2D eigenvalue weighted by molar-refractivity contribution is -0.275. The summed E-state index contributed by atoms with van der Waals surface area (Å²) in [5.41, 5.74) is 7.01. The van der Waals surface area contributed by atoms with Crippen molar-refractivity contribution in [3.8, 4) is 5.75 Å². The molecule has 2 aromatic heterocycles. The zero-order valence-corrected chi connectivity index (χ0v) is 19.1. The van der Waals surface area contributed by atoms with Crippen LogP contribution in [0.15, 0.2) is 36.8 Å². The number of rotatable bonds is 2. The van der Waals surface area contributed by atoms with Gasteiger partial charge in [0.2, 0.25) is 0 Å². The number of fused-ring (bicyclic) bond motifs is 6. The zero-order valence-electron chi connectivity index (χ0n) is 19.1. The molecule has 2 aliphatic rings. The summed E-state index contributed by atoms with van der Waals surface area (Å²) in [6, 6.07) is 3.76. The number of imidazole rings is 1. The monoisotopic (exact) mass is 519 g/mol. The lowest BCUT2D eigenvalue weighted by Crippen LogP contribution is -2.50. The number of ether oxygens (including phenoxy) is 2. The Morgan fingerprint density at radius 3 is 2.76 bits per heavy atom. The number of benzene rings is 2. The fourth-order valence-corrected chi connectivity index (χ4v) is 5.26. The molecule has 0 radical (unpaired) electrons. The van der Waals surface area contributed by atoms with Crippen LogP contribution in [0.2, 0.25) is 0 Å². The molecule has 1 amide bonds. The van der Waals surface area contributed by atoms with Crippen molar-refractivity contribution >= 4 is 28.3 Å². The van der Waals surface area contributed by atoms with Crippen molar-refractivity contribution in [1.29, 1.82) is 0 Å². The number of nitrogens with zero attached hydrogens (tertiary/aromatic N) is 4. The number of anilines is 1. The van der Waals surface area contributed by atoms with Gasteiger partial charge in [-0.2, -0.15) is 0 Å². The Morgan fingerprint density at radius 2 is 2.00 bits per heavy atom. The first-order valence-electron chi connectivity index (χ1n) is 11.3. The second kappa shape index (κ2) is 8.00. The van der Waals surface area contributed by atoms with Gasteiger partial charge in [0, 0.05) is 19.0 Å². The summed E-state index contributed by atoms with van der Waals surface area (Å²) in [5, 5.41) is 0. The summed E-state index contributed by atoms with van der Waals surface area (Å²) in [7, 11) is 0. The van der Waals surface area contributed by atoms with Crippen LogP contribution in [0, 0.1) is 11.6 Å².